The van der Waals surface area contributed by atoms with Crippen molar-refractivity contribution >= 4 is 59.3 Å². The molecule has 214 valence electrons. The van der Waals surface area contributed by atoms with Crippen LogP contribution in [-0.2, 0) is 20.2 Å². The van der Waals surface area contributed by atoms with Crippen LogP contribution in [0.25, 0.3) is 21.8 Å². The van der Waals surface area contributed by atoms with Gasteiger partial charge in [0.15, 0.2) is 0 Å². The van der Waals surface area contributed by atoms with Crippen molar-refractivity contribution in [1.29, 1.82) is 0 Å². The van der Waals surface area contributed by atoms with Crippen LogP contribution in [-0.4, -0.2) is 81.1 Å². The smallest absolute Gasteiger partial charge is 0.261 e. The van der Waals surface area contributed by atoms with Crippen molar-refractivity contribution in [2.24, 2.45) is 0 Å². The molecule has 0 aliphatic rings. The van der Waals surface area contributed by atoms with E-state index in [2.05, 4.69) is 31.0 Å². The van der Waals surface area contributed by atoms with Gasteiger partial charge >= 0.3 is 0 Å². The van der Waals surface area contributed by atoms with Crippen molar-refractivity contribution in [3.8, 4) is 5.75 Å². The zero-order valence-corrected chi connectivity index (χ0v) is 25.0. The Morgan fingerprint density at radius 2 is 1.47 bits per heavy atom. The van der Waals surface area contributed by atoms with Gasteiger partial charge in [-0.1, -0.05) is 25.4 Å². The Morgan fingerprint density at radius 3 is 1.97 bits per heavy atom. The second-order valence-corrected chi connectivity index (χ2v) is 12.1. The van der Waals surface area contributed by atoms with E-state index in [9.17, 15) is 16.8 Å². The highest BCUT2D eigenvalue weighted by Crippen LogP contribution is 2.35. The Balaban J connectivity index is 0.000000616. The average Bonchev–Trinajstić information content (AvgIpc) is 2.79. The number of hydrogen-bond acceptors (Lipinski definition) is 8. The van der Waals surface area contributed by atoms with Crippen LogP contribution < -0.4 is 10.1 Å². The molecule has 0 aliphatic heterocycles. The van der Waals surface area contributed by atoms with E-state index in [0.29, 0.717) is 23.6 Å². The topological polar surface area (TPSA) is 146 Å². The predicted molar refractivity (Wildman–Crippen MR) is 156 cm³/mol. The van der Waals surface area contributed by atoms with Gasteiger partial charge in [-0.2, -0.15) is 16.8 Å². The molecule has 0 radical (unpaired) electrons. The van der Waals surface area contributed by atoms with Gasteiger partial charge in [0.05, 0.1) is 36.3 Å². The fourth-order valence-corrected chi connectivity index (χ4v) is 3.83. The summed E-state index contributed by atoms with van der Waals surface area (Å²) < 4.78 is 57.2. The third-order valence-electron chi connectivity index (χ3n) is 5.34. The molecule has 0 bridgehead atoms. The van der Waals surface area contributed by atoms with Crippen LogP contribution >= 0.6 is 11.6 Å². The number of benzene rings is 2. The van der Waals surface area contributed by atoms with Crippen LogP contribution in [0.1, 0.15) is 33.6 Å². The fourth-order valence-electron chi connectivity index (χ4n) is 3.66. The standard InChI is InChI=1S/C23H30ClN3O.2CH4O3S/c1-5-27(6-2)13-7-8-16(3)25-23-19-14-17(24)9-11-21(19)26-22-12-10-18(28-4)15-20(22)23;2*1-5(2,3)4/h9-12,14-16H,5-8,13H2,1-4H3,(H,25,26);2*1H3,(H,2,3,4). The normalized spacial score (nSPS) is 12.4. The summed E-state index contributed by atoms with van der Waals surface area (Å²) in [7, 11) is -5.64. The van der Waals surface area contributed by atoms with Crippen molar-refractivity contribution in [1.82, 2.24) is 9.88 Å². The van der Waals surface area contributed by atoms with E-state index in [1.165, 1.54) is 6.42 Å². The van der Waals surface area contributed by atoms with Crippen LogP contribution in [0.5, 0.6) is 5.75 Å². The van der Waals surface area contributed by atoms with Gasteiger partial charge in [-0.3, -0.25) is 9.11 Å². The van der Waals surface area contributed by atoms with Crippen molar-refractivity contribution < 1.29 is 30.7 Å². The number of methoxy groups -OCH3 is 1. The number of nitrogens with zero attached hydrogens (tertiary/aromatic N) is 2. The quantitative estimate of drug-likeness (QED) is 0.230. The maximum Gasteiger partial charge on any atom is 0.261 e. The molecule has 1 heterocycles. The van der Waals surface area contributed by atoms with Gasteiger partial charge in [0.1, 0.15) is 5.75 Å². The van der Waals surface area contributed by atoms with Crippen LogP contribution in [0.15, 0.2) is 36.4 Å². The summed E-state index contributed by atoms with van der Waals surface area (Å²) in [5, 5.41) is 6.57. The molecule has 0 spiro atoms. The third-order valence-corrected chi connectivity index (χ3v) is 5.57. The number of anilines is 1. The molecule has 0 aliphatic carbocycles. The highest BCUT2D eigenvalue weighted by molar-refractivity contribution is 7.85. The highest BCUT2D eigenvalue weighted by Gasteiger charge is 2.13. The van der Waals surface area contributed by atoms with Crippen molar-refractivity contribution in [3.63, 3.8) is 0 Å². The number of nitrogens with one attached hydrogen (secondary N) is 1. The van der Waals surface area contributed by atoms with Crippen molar-refractivity contribution in [3.05, 3.63) is 41.4 Å². The monoisotopic (exact) mass is 591 g/mol. The van der Waals surface area contributed by atoms with E-state index in [1.807, 2.05) is 36.4 Å². The van der Waals surface area contributed by atoms with Gasteiger partial charge in [0.25, 0.3) is 20.2 Å². The molecular weight excluding hydrogens is 554 g/mol. The van der Waals surface area contributed by atoms with Gasteiger partial charge in [-0.05, 0) is 75.8 Å². The van der Waals surface area contributed by atoms with Crippen LogP contribution in [0.2, 0.25) is 5.02 Å². The summed E-state index contributed by atoms with van der Waals surface area (Å²) in [6, 6.07) is 12.2. The second kappa shape index (κ2) is 15.4. The second-order valence-electron chi connectivity index (χ2n) is 8.71. The molecule has 0 saturated heterocycles. The maximum atomic E-state index is 9.19. The first-order valence-electron chi connectivity index (χ1n) is 12.0. The van der Waals surface area contributed by atoms with E-state index in [-0.39, 0.29) is 0 Å². The summed E-state index contributed by atoms with van der Waals surface area (Å²) in [5.74, 6) is 0.827. The van der Waals surface area contributed by atoms with Gasteiger partial charge < -0.3 is 15.0 Å². The number of ether oxygens (including phenoxy) is 1. The molecule has 13 heteroatoms. The SMILES string of the molecule is CCN(CC)CCCC(C)Nc1c2cc(Cl)ccc2nc2ccc(OC)cc12.CS(=O)(=O)O.CS(=O)(=O)O. The molecule has 3 aromatic rings. The number of fused-ring (bicyclic) bond motifs is 2. The number of rotatable bonds is 9. The molecule has 0 fully saturated rings. The van der Waals surface area contributed by atoms with E-state index in [0.717, 1.165) is 59.3 Å². The summed E-state index contributed by atoms with van der Waals surface area (Å²) in [4.78, 5) is 7.28. The minimum Gasteiger partial charge on any atom is -0.497 e. The lowest BCUT2D eigenvalue weighted by molar-refractivity contribution is 0.295. The summed E-state index contributed by atoms with van der Waals surface area (Å²) in [5.41, 5.74) is 2.98. The Morgan fingerprint density at radius 1 is 0.974 bits per heavy atom. The maximum absolute atomic E-state index is 9.19. The fraction of sp³-hybridized carbons (Fsp3) is 0.480. The minimum atomic E-state index is -3.67. The van der Waals surface area contributed by atoms with Crippen molar-refractivity contribution in [2.45, 2.75) is 39.7 Å². The first-order chi connectivity index (χ1) is 17.5. The van der Waals surface area contributed by atoms with Crippen LogP contribution in [0.3, 0.4) is 0 Å². The van der Waals surface area contributed by atoms with E-state index < -0.39 is 20.2 Å². The Hall–Kier alpha value is -2.22. The first-order valence-corrected chi connectivity index (χ1v) is 16.0. The summed E-state index contributed by atoms with van der Waals surface area (Å²) in [6.45, 7) is 10.0. The van der Waals surface area contributed by atoms with Crippen LogP contribution in [0, 0.1) is 0 Å². The number of hydrogen-bond donors (Lipinski definition) is 3. The molecule has 3 N–H and O–H groups in total. The Bertz CT molecular complexity index is 1350. The molecular formula is C25H38ClN3O7S2. The Labute approximate surface area is 230 Å². The van der Waals surface area contributed by atoms with E-state index in [4.69, 9.17) is 30.4 Å². The van der Waals surface area contributed by atoms with E-state index >= 15 is 0 Å². The zero-order valence-electron chi connectivity index (χ0n) is 22.6. The molecule has 10 nitrogen and oxygen atoms in total. The van der Waals surface area contributed by atoms with Crippen LogP contribution in [0.4, 0.5) is 5.69 Å². The first kappa shape index (κ1) is 33.8. The number of pyridine rings is 1. The lowest BCUT2D eigenvalue weighted by Crippen LogP contribution is -2.25. The lowest BCUT2D eigenvalue weighted by Gasteiger charge is -2.22. The molecule has 3 rings (SSSR count). The van der Waals surface area contributed by atoms with Gasteiger partial charge in [0.2, 0.25) is 0 Å². The average molecular weight is 592 g/mol. The molecule has 1 unspecified atom stereocenters. The molecule has 38 heavy (non-hydrogen) atoms. The summed E-state index contributed by atoms with van der Waals surface area (Å²) in [6.07, 6.45) is 3.70. The van der Waals surface area contributed by atoms with Gasteiger partial charge in [-0.15, -0.1) is 0 Å². The number of halogens is 1. The molecule has 1 aromatic heterocycles. The molecule has 2 aromatic carbocycles. The van der Waals surface area contributed by atoms with Gasteiger partial charge in [-0.25, -0.2) is 4.98 Å². The molecule has 0 amide bonds. The zero-order chi connectivity index (χ0) is 29.1. The third kappa shape index (κ3) is 13.5. The molecule has 0 saturated carbocycles. The minimum absolute atomic E-state index is 0.342. The predicted octanol–water partition coefficient (Wildman–Crippen LogP) is 4.98. The largest absolute Gasteiger partial charge is 0.497 e. The Kier molecular flexibility index (Phi) is 13.7. The summed E-state index contributed by atoms with van der Waals surface area (Å²) >= 11 is 6.30. The van der Waals surface area contributed by atoms with Gasteiger partial charge in [0, 0.05) is 21.8 Å². The highest BCUT2D eigenvalue weighted by atomic mass is 35.5. The van der Waals surface area contributed by atoms with Crippen molar-refractivity contribution in [2.75, 3.05) is 44.6 Å². The van der Waals surface area contributed by atoms with E-state index in [1.54, 1.807) is 7.11 Å². The number of aromatic nitrogens is 1. The molecule has 1 atom stereocenters. The lowest BCUT2D eigenvalue weighted by atomic mass is 10.1.